The molecule has 0 atom stereocenters. The highest BCUT2D eigenvalue weighted by atomic mass is 19.4. The van der Waals surface area contributed by atoms with E-state index in [1.807, 2.05) is 0 Å². The molecule has 2 rings (SSSR count). The van der Waals surface area contributed by atoms with Gasteiger partial charge in [0.05, 0.1) is 17.0 Å². The zero-order valence-electron chi connectivity index (χ0n) is 7.92. The van der Waals surface area contributed by atoms with Crippen LogP contribution in [0.3, 0.4) is 0 Å². The van der Waals surface area contributed by atoms with Gasteiger partial charge in [-0.25, -0.2) is 0 Å². The van der Waals surface area contributed by atoms with E-state index in [2.05, 4.69) is 15.2 Å². The van der Waals surface area contributed by atoms with Gasteiger partial charge in [-0.15, -0.1) is 0 Å². The molecule has 0 saturated heterocycles. The van der Waals surface area contributed by atoms with Crippen molar-refractivity contribution in [2.45, 2.75) is 6.18 Å². The van der Waals surface area contributed by atoms with Gasteiger partial charge in [0.2, 0.25) is 0 Å². The molecule has 16 heavy (non-hydrogen) atoms. The largest absolute Gasteiger partial charge is 0.417 e. The minimum absolute atomic E-state index is 0.261. The fraction of sp³-hybridized carbons (Fsp3) is 0.111. The molecule has 0 aliphatic carbocycles. The normalized spacial score (nSPS) is 11.7. The van der Waals surface area contributed by atoms with E-state index in [4.69, 9.17) is 5.73 Å². The van der Waals surface area contributed by atoms with Crippen molar-refractivity contribution < 1.29 is 13.2 Å². The Morgan fingerprint density at radius 3 is 2.44 bits per heavy atom. The van der Waals surface area contributed by atoms with E-state index in [1.165, 1.54) is 12.1 Å². The molecule has 0 fully saturated rings. The predicted octanol–water partition coefficient (Wildman–Crippen LogP) is 2.07. The third kappa shape index (κ3) is 1.97. The molecule has 0 spiro atoms. The van der Waals surface area contributed by atoms with Crippen molar-refractivity contribution in [1.29, 1.82) is 0 Å². The molecule has 84 valence electrons. The standard InChI is InChI=1S/C9H7F3N4/c10-9(11,12)5-1-2-6(14-4-5)7-3-8(13)16-15-7/h1-4H,(H3,13,15,16). The minimum atomic E-state index is -4.38. The summed E-state index contributed by atoms with van der Waals surface area (Å²) < 4.78 is 36.7. The Labute approximate surface area is 88.3 Å². The highest BCUT2D eigenvalue weighted by Crippen LogP contribution is 2.29. The number of nitrogens with two attached hydrogens (primary N) is 1. The van der Waals surface area contributed by atoms with Gasteiger partial charge in [-0.3, -0.25) is 10.1 Å². The number of halogens is 3. The first-order valence-corrected chi connectivity index (χ1v) is 4.31. The van der Waals surface area contributed by atoms with Crippen LogP contribution in [0.2, 0.25) is 0 Å². The molecule has 0 aliphatic heterocycles. The molecule has 7 heteroatoms. The van der Waals surface area contributed by atoms with E-state index in [-0.39, 0.29) is 5.82 Å². The Morgan fingerprint density at radius 1 is 1.25 bits per heavy atom. The van der Waals surface area contributed by atoms with Gasteiger partial charge in [0.1, 0.15) is 5.82 Å². The first kappa shape index (κ1) is 10.5. The monoisotopic (exact) mass is 228 g/mol. The number of aromatic nitrogens is 3. The maximum Gasteiger partial charge on any atom is 0.417 e. The van der Waals surface area contributed by atoms with Crippen LogP contribution in [0.25, 0.3) is 11.4 Å². The van der Waals surface area contributed by atoms with E-state index in [9.17, 15) is 13.2 Å². The second kappa shape index (κ2) is 3.51. The lowest BCUT2D eigenvalue weighted by Gasteiger charge is -2.05. The number of alkyl halides is 3. The summed E-state index contributed by atoms with van der Waals surface area (Å²) in [7, 11) is 0. The fourth-order valence-corrected chi connectivity index (χ4v) is 1.19. The van der Waals surface area contributed by atoms with Crippen LogP contribution < -0.4 is 5.73 Å². The predicted molar refractivity (Wildman–Crippen MR) is 51.2 cm³/mol. The number of H-pyrrole nitrogens is 1. The molecule has 0 saturated carbocycles. The summed E-state index contributed by atoms with van der Waals surface area (Å²) >= 11 is 0. The summed E-state index contributed by atoms with van der Waals surface area (Å²) in [6.07, 6.45) is -3.61. The van der Waals surface area contributed by atoms with Gasteiger partial charge in [0.25, 0.3) is 0 Å². The van der Waals surface area contributed by atoms with Gasteiger partial charge in [-0.05, 0) is 12.1 Å². The number of hydrogen-bond donors (Lipinski definition) is 2. The van der Waals surface area contributed by atoms with Crippen LogP contribution in [0, 0.1) is 0 Å². The first-order valence-electron chi connectivity index (χ1n) is 4.31. The number of anilines is 1. The van der Waals surface area contributed by atoms with Crippen LogP contribution in [0.4, 0.5) is 19.0 Å². The number of hydrogen-bond acceptors (Lipinski definition) is 3. The Bertz CT molecular complexity index is 486. The lowest BCUT2D eigenvalue weighted by molar-refractivity contribution is -0.137. The molecule has 2 heterocycles. The highest BCUT2D eigenvalue weighted by molar-refractivity contribution is 5.57. The minimum Gasteiger partial charge on any atom is -0.382 e. The lowest BCUT2D eigenvalue weighted by atomic mass is 10.2. The summed E-state index contributed by atoms with van der Waals surface area (Å²) in [6, 6.07) is 3.71. The van der Waals surface area contributed by atoms with Crippen molar-refractivity contribution in [2.75, 3.05) is 5.73 Å². The van der Waals surface area contributed by atoms with Crippen molar-refractivity contribution >= 4 is 5.82 Å². The van der Waals surface area contributed by atoms with Crippen molar-refractivity contribution in [2.24, 2.45) is 0 Å². The zero-order valence-corrected chi connectivity index (χ0v) is 7.92. The number of nitrogen functional groups attached to an aromatic ring is 1. The summed E-state index contributed by atoms with van der Waals surface area (Å²) in [5.41, 5.74) is 5.41. The van der Waals surface area contributed by atoms with Gasteiger partial charge in [0.15, 0.2) is 0 Å². The molecule has 0 aliphatic rings. The fourth-order valence-electron chi connectivity index (χ4n) is 1.19. The Kier molecular flexibility index (Phi) is 2.30. The van der Waals surface area contributed by atoms with Crippen LogP contribution in [-0.4, -0.2) is 15.2 Å². The highest BCUT2D eigenvalue weighted by Gasteiger charge is 2.30. The second-order valence-corrected chi connectivity index (χ2v) is 3.14. The summed E-state index contributed by atoms with van der Waals surface area (Å²) in [4.78, 5) is 3.68. The Hall–Kier alpha value is -2.05. The zero-order chi connectivity index (χ0) is 11.8. The maximum atomic E-state index is 12.2. The number of aromatic amines is 1. The van der Waals surface area contributed by atoms with E-state index in [0.717, 1.165) is 12.3 Å². The molecular weight excluding hydrogens is 221 g/mol. The number of nitrogens with zero attached hydrogens (tertiary/aromatic N) is 2. The molecular formula is C9H7F3N4. The van der Waals surface area contributed by atoms with Crippen LogP contribution >= 0.6 is 0 Å². The molecule has 2 aromatic rings. The average Bonchev–Trinajstić information content (AvgIpc) is 2.64. The summed E-state index contributed by atoms with van der Waals surface area (Å²) in [5.74, 6) is 0.261. The molecule has 2 aromatic heterocycles. The van der Waals surface area contributed by atoms with E-state index in [0.29, 0.717) is 11.4 Å². The van der Waals surface area contributed by atoms with E-state index in [1.54, 1.807) is 0 Å². The van der Waals surface area contributed by atoms with Crippen molar-refractivity contribution in [1.82, 2.24) is 15.2 Å². The third-order valence-electron chi connectivity index (χ3n) is 1.96. The van der Waals surface area contributed by atoms with Crippen LogP contribution in [0.5, 0.6) is 0 Å². The molecule has 0 aromatic carbocycles. The van der Waals surface area contributed by atoms with Crippen molar-refractivity contribution in [3.05, 3.63) is 30.0 Å². The number of rotatable bonds is 1. The summed E-state index contributed by atoms with van der Waals surface area (Å²) in [5, 5.41) is 6.22. The lowest BCUT2D eigenvalue weighted by Crippen LogP contribution is -2.05. The van der Waals surface area contributed by atoms with Gasteiger partial charge in [-0.2, -0.15) is 18.3 Å². The number of nitrogens with one attached hydrogen (secondary N) is 1. The van der Waals surface area contributed by atoms with Gasteiger partial charge < -0.3 is 5.73 Å². The van der Waals surface area contributed by atoms with E-state index < -0.39 is 11.7 Å². The maximum absolute atomic E-state index is 12.2. The quantitative estimate of drug-likeness (QED) is 0.785. The van der Waals surface area contributed by atoms with Crippen LogP contribution in [-0.2, 0) is 6.18 Å². The number of pyridine rings is 1. The van der Waals surface area contributed by atoms with Gasteiger partial charge >= 0.3 is 6.18 Å². The molecule has 0 bridgehead atoms. The van der Waals surface area contributed by atoms with E-state index >= 15 is 0 Å². The van der Waals surface area contributed by atoms with Gasteiger partial charge in [0, 0.05) is 12.3 Å². The molecule has 0 unspecified atom stereocenters. The smallest absolute Gasteiger partial charge is 0.382 e. The first-order chi connectivity index (χ1) is 7.47. The van der Waals surface area contributed by atoms with Crippen molar-refractivity contribution in [3.63, 3.8) is 0 Å². The Balaban J connectivity index is 2.33. The second-order valence-electron chi connectivity index (χ2n) is 3.14. The van der Waals surface area contributed by atoms with Crippen LogP contribution in [0.15, 0.2) is 24.4 Å². The average molecular weight is 228 g/mol. The molecule has 3 N–H and O–H groups in total. The molecule has 0 amide bonds. The Morgan fingerprint density at radius 2 is 2.00 bits per heavy atom. The summed E-state index contributed by atoms with van der Waals surface area (Å²) in [6.45, 7) is 0. The molecule has 0 radical (unpaired) electrons. The van der Waals surface area contributed by atoms with Gasteiger partial charge in [-0.1, -0.05) is 0 Å². The molecule has 4 nitrogen and oxygen atoms in total. The van der Waals surface area contributed by atoms with Crippen molar-refractivity contribution in [3.8, 4) is 11.4 Å². The SMILES string of the molecule is Nc1cc(-c2ccc(C(F)(F)F)cn2)[nH]n1. The third-order valence-corrected chi connectivity index (χ3v) is 1.96. The topological polar surface area (TPSA) is 67.6 Å². The van der Waals surface area contributed by atoms with Crippen LogP contribution in [0.1, 0.15) is 5.56 Å².